The Morgan fingerprint density at radius 2 is 2.11 bits per heavy atom. The lowest BCUT2D eigenvalue weighted by molar-refractivity contribution is 0.257. The van der Waals surface area contributed by atoms with E-state index in [2.05, 4.69) is 25.1 Å². The van der Waals surface area contributed by atoms with Crippen molar-refractivity contribution < 1.29 is 4.74 Å². The SMILES string of the molecule is CCCCCCC(N)CC1CCOc2ccccc21. The first-order chi connectivity index (χ1) is 9.31. The number of ether oxygens (including phenoxy) is 1. The van der Waals surface area contributed by atoms with Gasteiger partial charge in [-0.15, -0.1) is 0 Å². The van der Waals surface area contributed by atoms with Crippen LogP contribution in [0.25, 0.3) is 0 Å². The molecule has 2 rings (SSSR count). The molecule has 2 unspecified atom stereocenters. The smallest absolute Gasteiger partial charge is 0.122 e. The first-order valence-corrected chi connectivity index (χ1v) is 7.78. The number of benzene rings is 1. The van der Waals surface area contributed by atoms with Crippen molar-refractivity contribution in [3.8, 4) is 5.75 Å². The maximum Gasteiger partial charge on any atom is 0.122 e. The van der Waals surface area contributed by atoms with Gasteiger partial charge >= 0.3 is 0 Å². The van der Waals surface area contributed by atoms with E-state index in [1.165, 1.54) is 37.7 Å². The van der Waals surface area contributed by atoms with Crippen molar-refractivity contribution in [2.75, 3.05) is 6.61 Å². The number of rotatable bonds is 7. The second kappa shape index (κ2) is 7.54. The molecule has 0 fully saturated rings. The van der Waals surface area contributed by atoms with E-state index >= 15 is 0 Å². The lowest BCUT2D eigenvalue weighted by atomic mass is 9.86. The predicted octanol–water partition coefficient (Wildman–Crippen LogP) is 4.24. The van der Waals surface area contributed by atoms with E-state index in [9.17, 15) is 0 Å². The zero-order valence-electron chi connectivity index (χ0n) is 12.1. The summed E-state index contributed by atoms with van der Waals surface area (Å²) in [5.74, 6) is 1.66. The molecule has 2 nitrogen and oxygen atoms in total. The van der Waals surface area contributed by atoms with Crippen molar-refractivity contribution in [3.63, 3.8) is 0 Å². The lowest BCUT2D eigenvalue weighted by Gasteiger charge is -2.27. The molecule has 106 valence electrons. The fourth-order valence-electron chi connectivity index (χ4n) is 2.98. The summed E-state index contributed by atoms with van der Waals surface area (Å²) >= 11 is 0. The molecule has 0 bridgehead atoms. The summed E-state index contributed by atoms with van der Waals surface area (Å²) in [6.07, 6.45) is 8.62. The number of nitrogens with two attached hydrogens (primary N) is 1. The molecule has 1 aliphatic rings. The minimum Gasteiger partial charge on any atom is -0.493 e. The zero-order chi connectivity index (χ0) is 13.5. The Hall–Kier alpha value is -1.02. The molecular weight excluding hydrogens is 234 g/mol. The second-order valence-electron chi connectivity index (χ2n) is 5.72. The van der Waals surface area contributed by atoms with Gasteiger partial charge in [-0.2, -0.15) is 0 Å². The lowest BCUT2D eigenvalue weighted by Crippen LogP contribution is -2.25. The van der Waals surface area contributed by atoms with Crippen molar-refractivity contribution in [3.05, 3.63) is 29.8 Å². The molecule has 1 heterocycles. The van der Waals surface area contributed by atoms with Gasteiger partial charge in [0.1, 0.15) is 5.75 Å². The van der Waals surface area contributed by atoms with E-state index in [0.717, 1.165) is 25.2 Å². The Labute approximate surface area is 117 Å². The fourth-order valence-corrected chi connectivity index (χ4v) is 2.98. The molecule has 0 amide bonds. The van der Waals surface area contributed by atoms with E-state index < -0.39 is 0 Å². The molecule has 0 aliphatic carbocycles. The van der Waals surface area contributed by atoms with Crippen molar-refractivity contribution in [1.82, 2.24) is 0 Å². The highest BCUT2D eigenvalue weighted by Gasteiger charge is 2.22. The summed E-state index contributed by atoms with van der Waals surface area (Å²) in [5, 5.41) is 0. The first-order valence-electron chi connectivity index (χ1n) is 7.78. The quantitative estimate of drug-likeness (QED) is 0.745. The predicted molar refractivity (Wildman–Crippen MR) is 80.6 cm³/mol. The summed E-state index contributed by atoms with van der Waals surface area (Å²) in [4.78, 5) is 0. The first kappa shape index (κ1) is 14.4. The maximum absolute atomic E-state index is 6.30. The molecule has 2 atom stereocenters. The summed E-state index contributed by atoms with van der Waals surface area (Å²) in [6, 6.07) is 8.77. The molecule has 2 heteroatoms. The van der Waals surface area contributed by atoms with Crippen LogP contribution in [0, 0.1) is 0 Å². The minimum absolute atomic E-state index is 0.341. The van der Waals surface area contributed by atoms with Crippen LogP contribution in [0.15, 0.2) is 24.3 Å². The third kappa shape index (κ3) is 4.24. The van der Waals surface area contributed by atoms with Crippen LogP contribution in [0.2, 0.25) is 0 Å². The molecule has 0 saturated heterocycles. The largest absolute Gasteiger partial charge is 0.493 e. The minimum atomic E-state index is 0.341. The van der Waals surface area contributed by atoms with Crippen molar-refractivity contribution in [1.29, 1.82) is 0 Å². The average molecular weight is 261 g/mol. The van der Waals surface area contributed by atoms with Crippen LogP contribution in [0.1, 0.15) is 63.4 Å². The second-order valence-corrected chi connectivity index (χ2v) is 5.72. The average Bonchev–Trinajstić information content (AvgIpc) is 2.44. The summed E-state index contributed by atoms with van der Waals surface area (Å²) in [5.41, 5.74) is 7.66. The van der Waals surface area contributed by atoms with E-state index in [1.54, 1.807) is 0 Å². The monoisotopic (exact) mass is 261 g/mol. The third-order valence-corrected chi connectivity index (χ3v) is 4.10. The van der Waals surface area contributed by atoms with Crippen molar-refractivity contribution in [2.24, 2.45) is 5.73 Å². The number of unbranched alkanes of at least 4 members (excludes halogenated alkanes) is 3. The molecule has 1 aromatic rings. The van der Waals surface area contributed by atoms with Gasteiger partial charge in [-0.3, -0.25) is 0 Å². The fraction of sp³-hybridized carbons (Fsp3) is 0.647. The molecule has 2 N–H and O–H groups in total. The van der Waals surface area contributed by atoms with E-state index in [4.69, 9.17) is 10.5 Å². The van der Waals surface area contributed by atoms with Crippen LogP contribution in [-0.2, 0) is 0 Å². The van der Waals surface area contributed by atoms with Gasteiger partial charge in [-0.05, 0) is 36.8 Å². The van der Waals surface area contributed by atoms with Crippen molar-refractivity contribution in [2.45, 2.75) is 63.8 Å². The summed E-state index contributed by atoms with van der Waals surface area (Å²) in [7, 11) is 0. The molecule has 1 aromatic carbocycles. The topological polar surface area (TPSA) is 35.2 Å². The van der Waals surface area contributed by atoms with Crippen LogP contribution in [0.5, 0.6) is 5.75 Å². The van der Waals surface area contributed by atoms with Gasteiger partial charge in [-0.25, -0.2) is 0 Å². The van der Waals surface area contributed by atoms with Crippen molar-refractivity contribution >= 4 is 0 Å². The number of para-hydroxylation sites is 1. The van der Waals surface area contributed by atoms with Crippen LogP contribution >= 0.6 is 0 Å². The number of hydrogen-bond acceptors (Lipinski definition) is 2. The van der Waals surface area contributed by atoms with Gasteiger partial charge in [0.15, 0.2) is 0 Å². The van der Waals surface area contributed by atoms with Gasteiger partial charge < -0.3 is 10.5 Å². The third-order valence-electron chi connectivity index (χ3n) is 4.10. The highest BCUT2D eigenvalue weighted by Crippen LogP contribution is 2.36. The standard InChI is InChI=1S/C17H27NO/c1-2-3-4-5-8-15(18)13-14-11-12-19-17-10-7-6-9-16(14)17/h6-7,9-10,14-15H,2-5,8,11-13,18H2,1H3. The van der Waals surface area contributed by atoms with Gasteiger partial charge in [0.2, 0.25) is 0 Å². The van der Waals surface area contributed by atoms with Gasteiger partial charge in [0, 0.05) is 6.04 Å². The van der Waals surface area contributed by atoms with Crippen LogP contribution in [0.3, 0.4) is 0 Å². The number of hydrogen-bond donors (Lipinski definition) is 1. The highest BCUT2D eigenvalue weighted by molar-refractivity contribution is 5.37. The zero-order valence-corrected chi connectivity index (χ0v) is 12.1. The van der Waals surface area contributed by atoms with Gasteiger partial charge in [-0.1, -0.05) is 50.8 Å². The molecule has 0 aromatic heterocycles. The molecule has 0 spiro atoms. The Bertz CT molecular complexity index is 377. The Morgan fingerprint density at radius 1 is 1.26 bits per heavy atom. The van der Waals surface area contributed by atoms with E-state index in [1.807, 2.05) is 6.07 Å². The molecular formula is C17H27NO. The van der Waals surface area contributed by atoms with Crippen LogP contribution in [-0.4, -0.2) is 12.6 Å². The van der Waals surface area contributed by atoms with Crippen LogP contribution < -0.4 is 10.5 Å². The van der Waals surface area contributed by atoms with Gasteiger partial charge in [0.05, 0.1) is 6.61 Å². The Kier molecular flexibility index (Phi) is 5.71. The van der Waals surface area contributed by atoms with Gasteiger partial charge in [0.25, 0.3) is 0 Å². The molecule has 1 aliphatic heterocycles. The highest BCUT2D eigenvalue weighted by atomic mass is 16.5. The van der Waals surface area contributed by atoms with Crippen LogP contribution in [0.4, 0.5) is 0 Å². The Balaban J connectivity index is 1.83. The molecule has 19 heavy (non-hydrogen) atoms. The molecule has 0 radical (unpaired) electrons. The normalized spacial score (nSPS) is 19.6. The summed E-state index contributed by atoms with van der Waals surface area (Å²) < 4.78 is 5.71. The maximum atomic E-state index is 6.30. The Morgan fingerprint density at radius 3 is 2.95 bits per heavy atom. The van der Waals surface area contributed by atoms with E-state index in [-0.39, 0.29) is 0 Å². The summed E-state index contributed by atoms with van der Waals surface area (Å²) in [6.45, 7) is 3.09. The number of fused-ring (bicyclic) bond motifs is 1. The molecule has 0 saturated carbocycles. The van der Waals surface area contributed by atoms with E-state index in [0.29, 0.717) is 12.0 Å².